The van der Waals surface area contributed by atoms with E-state index < -0.39 is 5.82 Å². The van der Waals surface area contributed by atoms with E-state index in [9.17, 15) is 14.4 Å². The topological polar surface area (TPSA) is 118 Å². The van der Waals surface area contributed by atoms with Gasteiger partial charge in [-0.2, -0.15) is 10.1 Å². The number of rotatable bonds is 8. The minimum absolute atomic E-state index is 0.0168. The second kappa shape index (κ2) is 13.1. The highest BCUT2D eigenvalue weighted by Gasteiger charge is 2.51. The van der Waals surface area contributed by atoms with Crippen molar-refractivity contribution in [3.8, 4) is 28.6 Å². The summed E-state index contributed by atoms with van der Waals surface area (Å²) in [4.78, 5) is 22.6. The monoisotopic (exact) mass is 777 g/mol. The number of aromatic nitrogens is 6. The quantitative estimate of drug-likeness (QED) is 0.165. The number of tetrazole rings is 1. The Morgan fingerprint density at radius 3 is 2.62 bits per heavy atom. The lowest BCUT2D eigenvalue weighted by Crippen LogP contribution is -2.41. The van der Waals surface area contributed by atoms with Crippen LogP contribution in [-0.2, 0) is 11.2 Å². The maximum Gasteiger partial charge on any atom is 0.226 e. The molecule has 3 aromatic carbocycles. The molecule has 0 unspecified atom stereocenters. The number of pyridine rings is 1. The first-order chi connectivity index (χ1) is 26.7. The lowest BCUT2D eigenvalue weighted by atomic mass is 9.79. The predicted molar refractivity (Wildman–Crippen MR) is 204 cm³/mol. The highest BCUT2D eigenvalue weighted by Crippen LogP contribution is 2.52. The fourth-order valence-electron chi connectivity index (χ4n) is 9.26. The van der Waals surface area contributed by atoms with E-state index in [2.05, 4.69) is 32.3 Å². The Balaban J connectivity index is 1.16. The molecule has 14 heteroatoms. The van der Waals surface area contributed by atoms with Gasteiger partial charge in [0.05, 0.1) is 39.8 Å². The third kappa shape index (κ3) is 5.53. The number of hydrogen-bond acceptors (Lipinski definition) is 7. The van der Waals surface area contributed by atoms with E-state index in [1.165, 1.54) is 12.1 Å². The maximum absolute atomic E-state index is 17.2. The molecule has 0 spiro atoms. The number of fused-ring (bicyclic) bond motifs is 4. The van der Waals surface area contributed by atoms with Gasteiger partial charge in [0.25, 0.3) is 0 Å². The first-order valence-corrected chi connectivity index (χ1v) is 19.5. The van der Waals surface area contributed by atoms with Crippen molar-refractivity contribution in [2.24, 2.45) is 11.8 Å². The van der Waals surface area contributed by atoms with Crippen LogP contribution >= 0.6 is 23.2 Å². The van der Waals surface area contributed by atoms with Gasteiger partial charge in [0.2, 0.25) is 11.7 Å². The third-order valence-electron chi connectivity index (χ3n) is 12.1. The summed E-state index contributed by atoms with van der Waals surface area (Å²) in [7, 11) is 0. The summed E-state index contributed by atoms with van der Waals surface area (Å²) in [5, 5.41) is 28.8. The molecule has 5 fully saturated rings. The number of likely N-dealkylation sites (tertiary alicyclic amines) is 1. The van der Waals surface area contributed by atoms with Gasteiger partial charge in [-0.1, -0.05) is 35.3 Å². The zero-order chi connectivity index (χ0) is 37.7. The van der Waals surface area contributed by atoms with Crippen LogP contribution in [0.25, 0.3) is 44.3 Å². The Hall–Kier alpha value is -4.96. The molecule has 3 aromatic heterocycles. The van der Waals surface area contributed by atoms with Gasteiger partial charge in [0.15, 0.2) is 5.82 Å². The molecule has 2 saturated carbocycles. The zero-order valence-electron chi connectivity index (χ0n) is 29.8. The first kappa shape index (κ1) is 34.5. The van der Waals surface area contributed by atoms with Crippen LogP contribution in [0.2, 0.25) is 10.0 Å². The Labute approximate surface area is 325 Å². The number of hydrogen-bond donors (Lipinski definition) is 1. The minimum atomic E-state index is -0.510. The second-order valence-corrected chi connectivity index (χ2v) is 16.2. The summed E-state index contributed by atoms with van der Waals surface area (Å²) >= 11 is 13.1. The van der Waals surface area contributed by atoms with E-state index in [0.29, 0.717) is 69.5 Å². The average Bonchev–Trinajstić information content (AvgIpc) is 3.67. The van der Waals surface area contributed by atoms with E-state index >= 15 is 4.39 Å². The van der Waals surface area contributed by atoms with Gasteiger partial charge in [0, 0.05) is 70.3 Å². The molecule has 55 heavy (non-hydrogen) atoms. The Kier molecular flexibility index (Phi) is 8.21. The number of aryl methyl sites for hydroxylation is 2. The molecule has 1 amide bonds. The van der Waals surface area contributed by atoms with E-state index in [4.69, 9.17) is 33.3 Å². The zero-order valence-corrected chi connectivity index (χ0v) is 31.3. The number of carbonyl (C=O) groups is 1. The van der Waals surface area contributed by atoms with Gasteiger partial charge in [-0.15, -0.1) is 10.2 Å². The van der Waals surface area contributed by atoms with Crippen LogP contribution < -0.4 is 5.32 Å². The summed E-state index contributed by atoms with van der Waals surface area (Å²) in [6.45, 7) is 3.19. The van der Waals surface area contributed by atoms with Gasteiger partial charge in [-0.05, 0) is 98.2 Å². The summed E-state index contributed by atoms with van der Waals surface area (Å²) in [6.07, 6.45) is 3.80. The van der Waals surface area contributed by atoms with Crippen molar-refractivity contribution >= 4 is 50.9 Å². The Bertz CT molecular complexity index is 2580. The summed E-state index contributed by atoms with van der Waals surface area (Å²) < 4.78 is 33.3. The third-order valence-corrected chi connectivity index (χ3v) is 12.9. The average molecular weight is 779 g/mol. The molecule has 0 radical (unpaired) electrons. The molecule has 6 aromatic rings. The van der Waals surface area contributed by atoms with Crippen LogP contribution in [0.3, 0.4) is 0 Å². The minimum Gasteiger partial charge on any atom is -0.337 e. The Morgan fingerprint density at radius 2 is 1.89 bits per heavy atom. The number of amides is 1. The van der Waals surface area contributed by atoms with Gasteiger partial charge in [-0.3, -0.25) is 4.79 Å². The van der Waals surface area contributed by atoms with Gasteiger partial charge < -0.3 is 14.8 Å². The maximum atomic E-state index is 17.2. The lowest BCUT2D eigenvalue weighted by Gasteiger charge is -2.39. The van der Waals surface area contributed by atoms with E-state index in [1.807, 2.05) is 17.9 Å². The predicted octanol–water partition coefficient (Wildman–Crippen LogP) is 8.32. The lowest BCUT2D eigenvalue weighted by molar-refractivity contribution is -0.133. The summed E-state index contributed by atoms with van der Waals surface area (Å²) in [5.41, 5.74) is 4.79. The van der Waals surface area contributed by atoms with Crippen LogP contribution in [0, 0.1) is 41.7 Å². The van der Waals surface area contributed by atoms with Crippen LogP contribution in [0.1, 0.15) is 67.2 Å². The molecule has 278 valence electrons. The molecule has 2 aliphatic carbocycles. The van der Waals surface area contributed by atoms with Crippen molar-refractivity contribution < 1.29 is 13.6 Å². The van der Waals surface area contributed by atoms with Crippen molar-refractivity contribution in [2.75, 3.05) is 13.1 Å². The van der Waals surface area contributed by atoms with Crippen LogP contribution in [-0.4, -0.2) is 59.7 Å². The molecule has 10 nitrogen and oxygen atoms in total. The molecule has 5 aliphatic rings. The number of nitrogens with zero attached hydrogens (tertiary/aromatic N) is 8. The largest absolute Gasteiger partial charge is 0.337 e. The first-order valence-electron chi connectivity index (χ1n) is 18.8. The molecule has 3 aliphatic heterocycles. The van der Waals surface area contributed by atoms with Crippen molar-refractivity contribution in [3.05, 3.63) is 93.2 Å². The van der Waals surface area contributed by atoms with Crippen molar-refractivity contribution in [1.82, 2.24) is 40.0 Å². The molecular formula is C41H35Cl2F2N9O. The molecule has 11 rings (SSSR count). The van der Waals surface area contributed by atoms with E-state index in [1.54, 1.807) is 35.1 Å². The normalized spacial score (nSPS) is 23.1. The van der Waals surface area contributed by atoms with Crippen LogP contribution in [0.5, 0.6) is 0 Å². The van der Waals surface area contributed by atoms with E-state index in [-0.39, 0.29) is 58.8 Å². The van der Waals surface area contributed by atoms with Gasteiger partial charge >= 0.3 is 0 Å². The van der Waals surface area contributed by atoms with Crippen molar-refractivity contribution in [1.29, 1.82) is 5.26 Å². The van der Waals surface area contributed by atoms with Crippen molar-refractivity contribution in [2.45, 2.75) is 69.6 Å². The molecule has 5 atom stereocenters. The highest BCUT2D eigenvalue weighted by atomic mass is 35.5. The fraction of sp³-hybridized carbons (Fsp3) is 0.366. The molecule has 3 saturated heterocycles. The van der Waals surface area contributed by atoms with E-state index in [0.717, 1.165) is 42.4 Å². The Morgan fingerprint density at radius 1 is 1.07 bits per heavy atom. The van der Waals surface area contributed by atoms with Crippen LogP contribution in [0.4, 0.5) is 8.78 Å². The van der Waals surface area contributed by atoms with Gasteiger partial charge in [0.1, 0.15) is 11.3 Å². The van der Waals surface area contributed by atoms with Crippen molar-refractivity contribution in [3.63, 3.8) is 0 Å². The number of nitrogens with one attached hydrogen (secondary N) is 1. The molecule has 6 heterocycles. The molecule has 1 N–H and O–H groups in total. The second-order valence-electron chi connectivity index (χ2n) is 15.4. The van der Waals surface area contributed by atoms with Crippen LogP contribution in [0.15, 0.2) is 54.6 Å². The number of nitriles is 1. The number of benzene rings is 3. The molecular weight excluding hydrogens is 743 g/mol. The number of carbonyl (C=O) groups excluding carboxylic acids is 1. The summed E-state index contributed by atoms with van der Waals surface area (Å²) in [6, 6.07) is 17.2. The highest BCUT2D eigenvalue weighted by molar-refractivity contribution is 6.43. The number of halogens is 4. The van der Waals surface area contributed by atoms with Gasteiger partial charge in [-0.25, -0.2) is 13.8 Å². The SMILES string of the molecule is Cc1nc2c(F)c(-c3cccc(Cl)c3Cl)c(CCC#N)cc2c2c1cc([C@H]1C[C@H](n3nnc(-c4ccc(F)cc4)n3)CN1C(=O)C1CC1)n2[C@H]1[C@H]2CN[C@@H]1C2. The molecule has 2 bridgehead atoms. The smallest absolute Gasteiger partial charge is 0.226 e. The fourth-order valence-corrected chi connectivity index (χ4v) is 9.66. The summed E-state index contributed by atoms with van der Waals surface area (Å²) in [5.74, 6) is -0.00246. The standard InChI is InChI=1S/C41H35Cl2F2N9O/c1-20-28-17-33(32-16-26(19-52(32)41(55)22-7-8-22)54-50-40(49-51-54)21-9-11-25(44)12-10-21)53(38-24-15-31(38)47-18-24)39(28)29-14-23(4-3-13-46)34(36(45)37(29)48-20)27-5-2-6-30(42)35(27)43/h2,5-6,9-12,14,17,22,24,26,31-32,38,47H,3-4,7-8,15-16,18-19H2,1H3/t24-,26+,31-,32-,38+/m1/s1.